The number of hydrogen-bond acceptors (Lipinski definition) is 2. The lowest BCUT2D eigenvalue weighted by Crippen LogP contribution is -2.09. The normalized spacial score (nSPS) is 11.3. The van der Waals surface area contributed by atoms with Gasteiger partial charge in [-0.2, -0.15) is 0 Å². The number of rotatable bonds is 8. The van der Waals surface area contributed by atoms with E-state index in [-0.39, 0.29) is 0 Å². The predicted molar refractivity (Wildman–Crippen MR) is 253 cm³/mol. The lowest BCUT2D eigenvalue weighted by Gasteiger charge is -2.26. The Balaban J connectivity index is 0.974. The molecule has 0 radical (unpaired) electrons. The number of furan rings is 1. The van der Waals surface area contributed by atoms with Crippen molar-refractivity contribution in [3.63, 3.8) is 0 Å². The fraction of sp³-hybridized carbons (Fsp3) is 0. The Bertz CT molecular complexity index is 3270. The first-order valence-corrected chi connectivity index (χ1v) is 20.5. The van der Waals surface area contributed by atoms with Gasteiger partial charge in [0.1, 0.15) is 11.3 Å². The number of benzene rings is 10. The minimum Gasteiger partial charge on any atom is -0.455 e. The zero-order chi connectivity index (χ0) is 39.8. The largest absolute Gasteiger partial charge is 0.455 e. The average Bonchev–Trinajstić information content (AvgIpc) is 3.73. The van der Waals surface area contributed by atoms with Gasteiger partial charge in [0.05, 0.1) is 0 Å². The first-order chi connectivity index (χ1) is 29.7. The van der Waals surface area contributed by atoms with Crippen molar-refractivity contribution in [2.24, 2.45) is 0 Å². The van der Waals surface area contributed by atoms with Crippen LogP contribution in [0.15, 0.2) is 241 Å². The fourth-order valence-electron chi connectivity index (χ4n) is 8.75. The van der Waals surface area contributed by atoms with Gasteiger partial charge >= 0.3 is 0 Å². The molecule has 1 heterocycles. The number of para-hydroxylation sites is 1. The van der Waals surface area contributed by atoms with Gasteiger partial charge in [0, 0.05) is 33.6 Å². The lowest BCUT2D eigenvalue weighted by atomic mass is 9.93. The summed E-state index contributed by atoms with van der Waals surface area (Å²) in [7, 11) is 0. The van der Waals surface area contributed by atoms with Gasteiger partial charge in [0.25, 0.3) is 0 Å². The highest BCUT2D eigenvalue weighted by Gasteiger charge is 2.19. The van der Waals surface area contributed by atoms with Crippen LogP contribution in [0, 0.1) is 0 Å². The second-order valence-electron chi connectivity index (χ2n) is 15.3. The lowest BCUT2D eigenvalue weighted by molar-refractivity contribution is 0.632. The Hall–Kier alpha value is -7.94. The summed E-state index contributed by atoms with van der Waals surface area (Å²) in [5.74, 6) is 0.881. The summed E-state index contributed by atoms with van der Waals surface area (Å²) in [5.41, 5.74) is 14.5. The predicted octanol–water partition coefficient (Wildman–Crippen LogP) is 16.5. The molecule has 0 amide bonds. The van der Waals surface area contributed by atoms with Crippen molar-refractivity contribution in [3.05, 3.63) is 237 Å². The van der Waals surface area contributed by atoms with Crippen LogP contribution in [0.4, 0.5) is 17.1 Å². The first kappa shape index (κ1) is 35.2. The van der Waals surface area contributed by atoms with Crippen LogP contribution in [-0.4, -0.2) is 0 Å². The summed E-state index contributed by atoms with van der Waals surface area (Å²) >= 11 is 0. The van der Waals surface area contributed by atoms with E-state index in [0.717, 1.165) is 61.6 Å². The van der Waals surface area contributed by atoms with Crippen molar-refractivity contribution in [2.45, 2.75) is 0 Å². The zero-order valence-corrected chi connectivity index (χ0v) is 32.9. The molecule has 0 saturated carbocycles. The molecule has 0 spiro atoms. The standard InChI is InChI=1S/C58H39NO/c1-3-14-40(15-4-1)41-26-32-48(33-27-41)59(50-36-30-43(31-37-50)55-39-46-18-7-8-21-51(46)52-22-9-10-23-53(52)55)49-34-28-42(29-35-49)45-19-13-20-47(38-45)58-57(44-16-5-2-6-17-44)54-24-11-12-25-56(54)60-58/h1-39H. The molecule has 11 aromatic rings. The van der Waals surface area contributed by atoms with Crippen molar-refractivity contribution in [1.29, 1.82) is 0 Å². The molecule has 2 heteroatoms. The van der Waals surface area contributed by atoms with Gasteiger partial charge in [-0.25, -0.2) is 0 Å². The Labute approximate surface area is 349 Å². The van der Waals surface area contributed by atoms with Gasteiger partial charge < -0.3 is 9.32 Å². The van der Waals surface area contributed by atoms with Crippen molar-refractivity contribution in [1.82, 2.24) is 0 Å². The molecule has 10 aromatic carbocycles. The van der Waals surface area contributed by atoms with E-state index in [1.165, 1.54) is 43.8 Å². The van der Waals surface area contributed by atoms with E-state index in [9.17, 15) is 0 Å². The van der Waals surface area contributed by atoms with E-state index in [1.807, 2.05) is 12.1 Å². The molecule has 0 bridgehead atoms. The highest BCUT2D eigenvalue weighted by molar-refractivity contribution is 6.13. The van der Waals surface area contributed by atoms with Crippen LogP contribution in [0.3, 0.4) is 0 Å². The number of hydrogen-bond donors (Lipinski definition) is 0. The second-order valence-corrected chi connectivity index (χ2v) is 15.3. The maximum Gasteiger partial charge on any atom is 0.143 e. The van der Waals surface area contributed by atoms with Gasteiger partial charge in [-0.15, -0.1) is 0 Å². The van der Waals surface area contributed by atoms with Crippen LogP contribution in [0.1, 0.15) is 0 Å². The Morgan fingerprint density at radius 3 is 1.42 bits per heavy atom. The van der Waals surface area contributed by atoms with Gasteiger partial charge in [0.2, 0.25) is 0 Å². The van der Waals surface area contributed by atoms with E-state index < -0.39 is 0 Å². The Morgan fingerprint density at radius 2 is 0.750 bits per heavy atom. The molecule has 0 saturated heterocycles. The van der Waals surface area contributed by atoms with Gasteiger partial charge in [-0.1, -0.05) is 182 Å². The Morgan fingerprint density at radius 1 is 0.283 bits per heavy atom. The monoisotopic (exact) mass is 765 g/mol. The van der Waals surface area contributed by atoms with Crippen LogP contribution < -0.4 is 4.90 Å². The van der Waals surface area contributed by atoms with Crippen molar-refractivity contribution in [2.75, 3.05) is 4.90 Å². The summed E-state index contributed by atoms with van der Waals surface area (Å²) in [6, 6.07) is 84.7. The molecular formula is C58H39NO. The van der Waals surface area contributed by atoms with Gasteiger partial charge in [-0.3, -0.25) is 0 Å². The molecule has 0 unspecified atom stereocenters. The van der Waals surface area contributed by atoms with Gasteiger partial charge in [0.15, 0.2) is 0 Å². The summed E-state index contributed by atoms with van der Waals surface area (Å²) < 4.78 is 6.59. The van der Waals surface area contributed by atoms with E-state index in [2.05, 4.69) is 229 Å². The molecule has 11 rings (SSSR count). The number of nitrogens with zero attached hydrogens (tertiary/aromatic N) is 1. The highest BCUT2D eigenvalue weighted by Crippen LogP contribution is 2.43. The zero-order valence-electron chi connectivity index (χ0n) is 32.9. The summed E-state index contributed by atoms with van der Waals surface area (Å²) in [4.78, 5) is 2.35. The quantitative estimate of drug-likeness (QED) is 0.143. The van der Waals surface area contributed by atoms with Crippen molar-refractivity contribution in [3.8, 4) is 55.8 Å². The minimum atomic E-state index is 0.881. The molecule has 1 aromatic heterocycles. The maximum absolute atomic E-state index is 6.59. The van der Waals surface area contributed by atoms with Crippen LogP contribution in [-0.2, 0) is 0 Å². The maximum atomic E-state index is 6.59. The molecule has 0 N–H and O–H groups in total. The molecule has 0 fully saturated rings. The van der Waals surface area contributed by atoms with Crippen LogP contribution in [0.25, 0.3) is 88.3 Å². The smallest absolute Gasteiger partial charge is 0.143 e. The fourth-order valence-corrected chi connectivity index (χ4v) is 8.75. The molecule has 0 aliphatic carbocycles. The van der Waals surface area contributed by atoms with E-state index in [0.29, 0.717) is 0 Å². The molecule has 0 aliphatic heterocycles. The third-order valence-corrected chi connectivity index (χ3v) is 11.7. The van der Waals surface area contributed by atoms with Gasteiger partial charge in [-0.05, 0) is 115 Å². The third-order valence-electron chi connectivity index (χ3n) is 11.7. The summed E-state index contributed by atoms with van der Waals surface area (Å²) in [6.45, 7) is 0. The molecule has 60 heavy (non-hydrogen) atoms. The summed E-state index contributed by atoms with van der Waals surface area (Å²) in [5, 5.41) is 6.17. The molecule has 0 aliphatic rings. The van der Waals surface area contributed by atoms with E-state index in [1.54, 1.807) is 0 Å². The first-order valence-electron chi connectivity index (χ1n) is 20.5. The average molecular weight is 766 g/mol. The molecule has 0 atom stereocenters. The van der Waals surface area contributed by atoms with Crippen LogP contribution >= 0.6 is 0 Å². The SMILES string of the molecule is c1ccc(-c2ccc(N(c3ccc(-c4cccc(-c5oc6ccccc6c5-c5ccccc5)c4)cc3)c3ccc(-c4cc5ccccc5c5ccccc45)cc3)cc2)cc1. The molecular weight excluding hydrogens is 727 g/mol. The number of anilines is 3. The van der Waals surface area contributed by atoms with E-state index in [4.69, 9.17) is 4.42 Å². The molecule has 2 nitrogen and oxygen atoms in total. The van der Waals surface area contributed by atoms with E-state index >= 15 is 0 Å². The Kier molecular flexibility index (Phi) is 8.87. The van der Waals surface area contributed by atoms with Crippen LogP contribution in [0.5, 0.6) is 0 Å². The number of fused-ring (bicyclic) bond motifs is 4. The second kappa shape index (κ2) is 15.1. The topological polar surface area (TPSA) is 16.4 Å². The minimum absolute atomic E-state index is 0.881. The van der Waals surface area contributed by atoms with Crippen LogP contribution in [0.2, 0.25) is 0 Å². The highest BCUT2D eigenvalue weighted by atomic mass is 16.3. The third kappa shape index (κ3) is 6.41. The van der Waals surface area contributed by atoms with Crippen molar-refractivity contribution >= 4 is 49.6 Å². The van der Waals surface area contributed by atoms with Crippen molar-refractivity contribution < 1.29 is 4.42 Å². The summed E-state index contributed by atoms with van der Waals surface area (Å²) in [6.07, 6.45) is 0. The molecule has 282 valence electrons.